The molecule has 0 N–H and O–H groups in total. The Kier molecular flexibility index (Phi) is 2.14. The van der Waals surface area contributed by atoms with Crippen molar-refractivity contribution in [1.82, 2.24) is 0 Å². The van der Waals surface area contributed by atoms with Gasteiger partial charge in [-0.05, 0) is 43.4 Å². The van der Waals surface area contributed by atoms with E-state index < -0.39 is 5.67 Å². The molecule has 0 bridgehead atoms. The van der Waals surface area contributed by atoms with Crippen LogP contribution in [0.3, 0.4) is 0 Å². The van der Waals surface area contributed by atoms with Crippen LogP contribution in [0.15, 0.2) is 18.2 Å². The Morgan fingerprint density at radius 2 is 2.29 bits per heavy atom. The van der Waals surface area contributed by atoms with Crippen molar-refractivity contribution in [2.24, 2.45) is 0 Å². The summed E-state index contributed by atoms with van der Waals surface area (Å²) in [6.45, 7) is 1.60. The van der Waals surface area contributed by atoms with E-state index in [0.29, 0.717) is 17.5 Å². The molecule has 1 aliphatic rings. The maximum absolute atomic E-state index is 14.1. The van der Waals surface area contributed by atoms with E-state index in [9.17, 15) is 9.18 Å². The van der Waals surface area contributed by atoms with E-state index in [-0.39, 0.29) is 0 Å². The van der Waals surface area contributed by atoms with Crippen LogP contribution in [-0.4, -0.2) is 6.29 Å². The van der Waals surface area contributed by atoms with E-state index in [1.54, 1.807) is 19.1 Å². The molecule has 2 heteroatoms. The lowest BCUT2D eigenvalue weighted by molar-refractivity contribution is 0.112. The van der Waals surface area contributed by atoms with Crippen molar-refractivity contribution in [3.8, 4) is 0 Å². The van der Waals surface area contributed by atoms with Gasteiger partial charge in [0.25, 0.3) is 0 Å². The Morgan fingerprint density at radius 3 is 3.00 bits per heavy atom. The first-order chi connectivity index (χ1) is 6.63. The number of benzene rings is 1. The van der Waals surface area contributed by atoms with Gasteiger partial charge in [0.15, 0.2) is 0 Å². The van der Waals surface area contributed by atoms with Gasteiger partial charge in [-0.2, -0.15) is 0 Å². The predicted octanol–water partition coefficient (Wildman–Crippen LogP) is 3.02. The lowest BCUT2D eigenvalue weighted by Gasteiger charge is -2.28. The Morgan fingerprint density at radius 1 is 1.50 bits per heavy atom. The number of aldehydes is 1. The summed E-state index contributed by atoms with van der Waals surface area (Å²) in [6.07, 6.45) is 3.14. The molecular formula is C12H13FO. The molecule has 0 saturated heterocycles. The average Bonchev–Trinajstić information content (AvgIpc) is 2.17. The summed E-state index contributed by atoms with van der Waals surface area (Å²) in [4.78, 5) is 10.6. The van der Waals surface area contributed by atoms with E-state index in [1.165, 1.54) is 0 Å². The molecule has 14 heavy (non-hydrogen) atoms. The second kappa shape index (κ2) is 3.19. The van der Waals surface area contributed by atoms with E-state index in [2.05, 4.69) is 0 Å². The van der Waals surface area contributed by atoms with E-state index in [1.807, 2.05) is 6.07 Å². The van der Waals surface area contributed by atoms with Gasteiger partial charge in [0.2, 0.25) is 0 Å². The molecule has 0 fully saturated rings. The Bertz CT molecular complexity index is 369. The van der Waals surface area contributed by atoms with Gasteiger partial charge < -0.3 is 0 Å². The minimum atomic E-state index is -1.26. The predicted molar refractivity (Wildman–Crippen MR) is 53.2 cm³/mol. The molecule has 2 rings (SSSR count). The largest absolute Gasteiger partial charge is 0.298 e. The van der Waals surface area contributed by atoms with Crippen molar-refractivity contribution < 1.29 is 9.18 Å². The summed E-state index contributed by atoms with van der Waals surface area (Å²) in [5.41, 5.74) is 1.06. The minimum Gasteiger partial charge on any atom is -0.298 e. The molecule has 0 spiro atoms. The highest BCUT2D eigenvalue weighted by Crippen LogP contribution is 2.38. The van der Waals surface area contributed by atoms with Crippen LogP contribution in [0.2, 0.25) is 0 Å². The van der Waals surface area contributed by atoms with Gasteiger partial charge in [0.1, 0.15) is 12.0 Å². The topological polar surface area (TPSA) is 17.1 Å². The standard InChI is InChI=1S/C12H13FO/c1-12(13)6-2-3-10-5-4-9(8-14)7-11(10)12/h4-5,7-8H,2-3,6H2,1H3. The molecule has 0 saturated carbocycles. The van der Waals surface area contributed by atoms with Crippen LogP contribution >= 0.6 is 0 Å². The normalized spacial score (nSPS) is 25.6. The Labute approximate surface area is 82.9 Å². The second-order valence-corrected chi connectivity index (χ2v) is 4.09. The van der Waals surface area contributed by atoms with Gasteiger partial charge in [-0.3, -0.25) is 4.79 Å². The summed E-state index contributed by atoms with van der Waals surface area (Å²) >= 11 is 0. The number of hydrogen-bond donors (Lipinski definition) is 0. The fourth-order valence-corrected chi connectivity index (χ4v) is 2.12. The Hall–Kier alpha value is -1.18. The molecule has 1 unspecified atom stereocenters. The zero-order valence-corrected chi connectivity index (χ0v) is 8.22. The summed E-state index contributed by atoms with van der Waals surface area (Å²) < 4.78 is 14.1. The van der Waals surface area contributed by atoms with Crippen LogP contribution in [0, 0.1) is 0 Å². The summed E-state index contributed by atoms with van der Waals surface area (Å²) in [7, 11) is 0. The van der Waals surface area contributed by atoms with Crippen LogP contribution in [0.5, 0.6) is 0 Å². The number of carbonyl (C=O) groups is 1. The Balaban J connectivity index is 2.54. The number of rotatable bonds is 1. The molecule has 74 valence electrons. The third-order valence-corrected chi connectivity index (χ3v) is 2.92. The van der Waals surface area contributed by atoms with Crippen molar-refractivity contribution in [3.05, 3.63) is 34.9 Å². The zero-order chi connectivity index (χ0) is 10.2. The smallest absolute Gasteiger partial charge is 0.150 e. The third-order valence-electron chi connectivity index (χ3n) is 2.92. The van der Waals surface area contributed by atoms with Crippen LogP contribution in [0.25, 0.3) is 0 Å². The van der Waals surface area contributed by atoms with E-state index in [4.69, 9.17) is 0 Å². The third kappa shape index (κ3) is 1.45. The van der Waals surface area contributed by atoms with Gasteiger partial charge in [-0.1, -0.05) is 12.1 Å². The summed E-state index contributed by atoms with van der Waals surface area (Å²) in [5.74, 6) is 0. The first kappa shape index (κ1) is 9.38. The molecule has 0 aromatic heterocycles. The highest BCUT2D eigenvalue weighted by Gasteiger charge is 2.31. The quantitative estimate of drug-likeness (QED) is 0.625. The van der Waals surface area contributed by atoms with Gasteiger partial charge in [-0.25, -0.2) is 4.39 Å². The van der Waals surface area contributed by atoms with Crippen molar-refractivity contribution in [2.75, 3.05) is 0 Å². The minimum absolute atomic E-state index is 0.558. The molecule has 1 atom stereocenters. The number of halogens is 1. The highest BCUT2D eigenvalue weighted by molar-refractivity contribution is 5.75. The fraction of sp³-hybridized carbons (Fsp3) is 0.417. The van der Waals surface area contributed by atoms with Crippen molar-refractivity contribution in [1.29, 1.82) is 0 Å². The molecule has 1 nitrogen and oxygen atoms in total. The van der Waals surface area contributed by atoms with Crippen LogP contribution < -0.4 is 0 Å². The van der Waals surface area contributed by atoms with E-state index in [0.717, 1.165) is 24.7 Å². The maximum Gasteiger partial charge on any atom is 0.150 e. The molecule has 1 aromatic carbocycles. The molecule has 0 radical (unpaired) electrons. The number of aryl methyl sites for hydroxylation is 1. The van der Waals surface area contributed by atoms with Crippen LogP contribution in [0.1, 0.15) is 41.3 Å². The van der Waals surface area contributed by atoms with Gasteiger partial charge in [0, 0.05) is 5.56 Å². The lowest BCUT2D eigenvalue weighted by Crippen LogP contribution is -2.22. The van der Waals surface area contributed by atoms with Crippen LogP contribution in [-0.2, 0) is 12.1 Å². The van der Waals surface area contributed by atoms with E-state index >= 15 is 0 Å². The summed E-state index contributed by atoms with van der Waals surface area (Å²) in [5, 5.41) is 0. The average molecular weight is 192 g/mol. The maximum atomic E-state index is 14.1. The second-order valence-electron chi connectivity index (χ2n) is 4.09. The number of hydrogen-bond acceptors (Lipinski definition) is 1. The molecule has 1 aromatic rings. The first-order valence-corrected chi connectivity index (χ1v) is 4.91. The van der Waals surface area contributed by atoms with Crippen molar-refractivity contribution in [3.63, 3.8) is 0 Å². The number of fused-ring (bicyclic) bond motifs is 1. The van der Waals surface area contributed by atoms with Gasteiger partial charge in [0.05, 0.1) is 0 Å². The fourth-order valence-electron chi connectivity index (χ4n) is 2.12. The first-order valence-electron chi connectivity index (χ1n) is 4.91. The van der Waals surface area contributed by atoms with Gasteiger partial charge >= 0.3 is 0 Å². The molecule has 1 aliphatic carbocycles. The van der Waals surface area contributed by atoms with Crippen molar-refractivity contribution >= 4 is 6.29 Å². The highest BCUT2D eigenvalue weighted by atomic mass is 19.1. The van der Waals surface area contributed by atoms with Crippen LogP contribution in [0.4, 0.5) is 4.39 Å². The van der Waals surface area contributed by atoms with Crippen molar-refractivity contribution in [2.45, 2.75) is 31.9 Å². The number of alkyl halides is 1. The zero-order valence-electron chi connectivity index (χ0n) is 8.22. The summed E-state index contributed by atoms with van der Waals surface area (Å²) in [6, 6.07) is 5.31. The molecule has 0 heterocycles. The molecule has 0 aliphatic heterocycles. The molecule has 0 amide bonds. The lowest BCUT2D eigenvalue weighted by atomic mass is 9.81. The van der Waals surface area contributed by atoms with Gasteiger partial charge in [-0.15, -0.1) is 0 Å². The monoisotopic (exact) mass is 192 g/mol. The molecular weight excluding hydrogens is 179 g/mol. The number of carbonyl (C=O) groups excluding carboxylic acids is 1. The SMILES string of the molecule is CC1(F)CCCc2ccc(C=O)cc21.